The number of hydrogen-bond acceptors (Lipinski definition) is 9. The molecule has 0 saturated heterocycles. The quantitative estimate of drug-likeness (QED) is 0.401. The van der Waals surface area contributed by atoms with Crippen molar-refractivity contribution in [3.05, 3.63) is 72.9 Å². The lowest BCUT2D eigenvalue weighted by molar-refractivity contribution is -0.119. The first-order valence-corrected chi connectivity index (χ1v) is 10.6. The Hall–Kier alpha value is -4.32. The third-order valence-corrected chi connectivity index (χ3v) is 5.48. The monoisotopic (exact) mass is 453 g/mol. The molecule has 0 radical (unpaired) electrons. The molecule has 162 valence electrons. The molecule has 4 rings (SSSR count). The summed E-state index contributed by atoms with van der Waals surface area (Å²) in [5.41, 5.74) is 1.57. The second-order valence-corrected chi connectivity index (χ2v) is 8.04. The lowest BCUT2D eigenvalue weighted by Crippen LogP contribution is -2.21. The van der Waals surface area contributed by atoms with E-state index in [1.807, 2.05) is 0 Å². The molecule has 2 aromatic heterocycles. The van der Waals surface area contributed by atoms with Gasteiger partial charge in [-0.15, -0.1) is 0 Å². The van der Waals surface area contributed by atoms with Crippen LogP contribution in [0.15, 0.2) is 76.6 Å². The topological polar surface area (TPSA) is 153 Å². The van der Waals surface area contributed by atoms with Gasteiger partial charge in [0, 0.05) is 18.1 Å². The van der Waals surface area contributed by atoms with E-state index in [0.717, 1.165) is 0 Å². The van der Waals surface area contributed by atoms with Crippen LogP contribution in [0.4, 0.5) is 11.6 Å². The fourth-order valence-corrected chi connectivity index (χ4v) is 3.60. The first kappa shape index (κ1) is 20.9. The summed E-state index contributed by atoms with van der Waals surface area (Å²) in [5, 5.41) is 2.52. The zero-order valence-electron chi connectivity index (χ0n) is 16.3. The van der Waals surface area contributed by atoms with Gasteiger partial charge in [0.1, 0.15) is 5.52 Å². The first-order valence-electron chi connectivity index (χ1n) is 9.11. The summed E-state index contributed by atoms with van der Waals surface area (Å²) >= 11 is 0. The van der Waals surface area contributed by atoms with E-state index < -0.39 is 28.5 Å². The molecule has 2 aromatic carbocycles. The van der Waals surface area contributed by atoms with E-state index in [1.165, 1.54) is 55.2 Å². The Morgan fingerprint density at radius 1 is 1.00 bits per heavy atom. The minimum Gasteiger partial charge on any atom is -0.452 e. The summed E-state index contributed by atoms with van der Waals surface area (Å²) in [5.74, 6) is -1.35. The number of benzene rings is 2. The lowest BCUT2D eigenvalue weighted by atomic mass is 10.2. The average molecular weight is 453 g/mol. The number of nitrogens with one attached hydrogen (secondary N) is 2. The molecule has 0 bridgehead atoms. The van der Waals surface area contributed by atoms with Crippen LogP contribution in [0.25, 0.3) is 11.1 Å². The molecule has 0 spiro atoms. The molecule has 0 aliphatic heterocycles. The van der Waals surface area contributed by atoms with Gasteiger partial charge in [-0.3, -0.25) is 4.79 Å². The molecular weight excluding hydrogens is 438 g/mol. The number of aromatic nitrogens is 3. The average Bonchev–Trinajstić information content (AvgIpc) is 3.26. The molecule has 4 aromatic rings. The molecule has 12 heteroatoms. The molecular formula is C20H15N5O6S. The van der Waals surface area contributed by atoms with Gasteiger partial charge in [-0.25, -0.2) is 32.9 Å². The molecule has 11 nitrogen and oxygen atoms in total. The summed E-state index contributed by atoms with van der Waals surface area (Å²) in [4.78, 5) is 35.7. The van der Waals surface area contributed by atoms with Crippen LogP contribution in [0.2, 0.25) is 0 Å². The highest BCUT2D eigenvalue weighted by Crippen LogP contribution is 2.17. The Balaban J connectivity index is 1.32. The number of hydrogen-bond donors (Lipinski definition) is 2. The maximum absolute atomic E-state index is 12.4. The van der Waals surface area contributed by atoms with Gasteiger partial charge in [-0.1, -0.05) is 0 Å². The standard InChI is InChI=1S/C20H15N5O6S/c26-18(11-30-19(27)13-2-7-17-16(10-13)23-12-31-17)24-14-3-5-15(6-4-14)32(28,29)25-20-21-8-1-9-22-20/h1-10,12H,11H2,(H,24,26)(H,21,22,25). The normalized spacial score (nSPS) is 11.1. The number of oxazole rings is 1. The lowest BCUT2D eigenvalue weighted by Gasteiger charge is -2.09. The van der Waals surface area contributed by atoms with Gasteiger partial charge in [-0.2, -0.15) is 0 Å². The Morgan fingerprint density at radius 2 is 1.75 bits per heavy atom. The predicted octanol–water partition coefficient (Wildman–Crippen LogP) is 2.21. The van der Waals surface area contributed by atoms with E-state index in [1.54, 1.807) is 12.1 Å². The predicted molar refractivity (Wildman–Crippen MR) is 112 cm³/mol. The van der Waals surface area contributed by atoms with E-state index in [0.29, 0.717) is 16.8 Å². The zero-order valence-corrected chi connectivity index (χ0v) is 17.1. The summed E-state index contributed by atoms with van der Waals surface area (Å²) in [6.07, 6.45) is 4.07. The summed E-state index contributed by atoms with van der Waals surface area (Å²) in [6, 6.07) is 11.5. The van der Waals surface area contributed by atoms with Gasteiger partial charge in [-0.05, 0) is 48.5 Å². The van der Waals surface area contributed by atoms with Crippen LogP contribution in [0.3, 0.4) is 0 Å². The fraction of sp³-hybridized carbons (Fsp3) is 0.0500. The summed E-state index contributed by atoms with van der Waals surface area (Å²) in [6.45, 7) is -0.525. The number of nitrogens with zero attached hydrogens (tertiary/aromatic N) is 3. The molecule has 0 saturated carbocycles. The Bertz CT molecular complexity index is 1370. The van der Waals surface area contributed by atoms with Gasteiger partial charge in [0.2, 0.25) is 5.95 Å². The summed E-state index contributed by atoms with van der Waals surface area (Å²) in [7, 11) is -3.89. The van der Waals surface area contributed by atoms with Gasteiger partial charge in [0.05, 0.1) is 10.5 Å². The smallest absolute Gasteiger partial charge is 0.338 e. The SMILES string of the molecule is O=C(COC(=O)c1ccc2ocnc2c1)Nc1ccc(S(=O)(=O)Nc2ncccn2)cc1. The number of ether oxygens (including phenoxy) is 1. The molecule has 0 atom stereocenters. The van der Waals surface area contributed by atoms with Crippen LogP contribution < -0.4 is 10.0 Å². The Kier molecular flexibility index (Phi) is 5.77. The highest BCUT2D eigenvalue weighted by Gasteiger charge is 2.16. The van der Waals surface area contributed by atoms with E-state index in [-0.39, 0.29) is 16.4 Å². The third-order valence-electron chi connectivity index (χ3n) is 4.14. The molecule has 0 fully saturated rings. The molecule has 1 amide bonds. The van der Waals surface area contributed by atoms with E-state index in [4.69, 9.17) is 9.15 Å². The second-order valence-electron chi connectivity index (χ2n) is 6.36. The first-order chi connectivity index (χ1) is 15.4. The Labute approximate surface area is 181 Å². The van der Waals surface area contributed by atoms with Crippen LogP contribution in [0.5, 0.6) is 0 Å². The number of carbonyl (C=O) groups is 2. The molecule has 0 aliphatic rings. The number of fused-ring (bicyclic) bond motifs is 1. The van der Waals surface area contributed by atoms with Gasteiger partial charge in [0.15, 0.2) is 18.6 Å². The molecule has 0 unspecified atom stereocenters. The van der Waals surface area contributed by atoms with Crippen LogP contribution in [-0.4, -0.2) is 41.9 Å². The maximum atomic E-state index is 12.4. The van der Waals surface area contributed by atoms with Gasteiger partial charge >= 0.3 is 5.97 Å². The number of carbonyl (C=O) groups excluding carboxylic acids is 2. The molecule has 2 N–H and O–H groups in total. The molecule has 32 heavy (non-hydrogen) atoms. The highest BCUT2D eigenvalue weighted by molar-refractivity contribution is 7.92. The van der Waals surface area contributed by atoms with Crippen molar-refractivity contribution in [2.45, 2.75) is 4.90 Å². The minimum atomic E-state index is -3.89. The van der Waals surface area contributed by atoms with Crippen molar-refractivity contribution >= 4 is 44.6 Å². The number of rotatable bonds is 7. The third kappa shape index (κ3) is 4.87. The Morgan fingerprint density at radius 3 is 2.50 bits per heavy atom. The number of amides is 1. The summed E-state index contributed by atoms with van der Waals surface area (Å²) < 4.78 is 37.1. The maximum Gasteiger partial charge on any atom is 0.338 e. The number of anilines is 2. The van der Waals surface area contributed by atoms with Crippen molar-refractivity contribution in [1.29, 1.82) is 0 Å². The zero-order chi connectivity index (χ0) is 22.6. The second kappa shape index (κ2) is 8.81. The van der Waals surface area contributed by atoms with Crippen LogP contribution in [0.1, 0.15) is 10.4 Å². The largest absolute Gasteiger partial charge is 0.452 e. The van der Waals surface area contributed by atoms with Gasteiger partial charge in [0.25, 0.3) is 15.9 Å². The van der Waals surface area contributed by atoms with Crippen LogP contribution in [0, 0.1) is 0 Å². The van der Waals surface area contributed by atoms with Crippen molar-refractivity contribution in [3.63, 3.8) is 0 Å². The van der Waals surface area contributed by atoms with E-state index >= 15 is 0 Å². The van der Waals surface area contributed by atoms with Crippen molar-refractivity contribution in [3.8, 4) is 0 Å². The van der Waals surface area contributed by atoms with Crippen molar-refractivity contribution in [2.75, 3.05) is 16.6 Å². The highest BCUT2D eigenvalue weighted by atomic mass is 32.2. The van der Waals surface area contributed by atoms with E-state index in [2.05, 4.69) is 25.0 Å². The van der Waals surface area contributed by atoms with Crippen molar-refractivity contribution in [2.24, 2.45) is 0 Å². The van der Waals surface area contributed by atoms with Crippen LogP contribution in [-0.2, 0) is 19.6 Å². The molecule has 0 aliphatic carbocycles. The number of esters is 1. The minimum absolute atomic E-state index is 0.0439. The van der Waals surface area contributed by atoms with E-state index in [9.17, 15) is 18.0 Å². The van der Waals surface area contributed by atoms with Crippen molar-refractivity contribution < 1.29 is 27.2 Å². The number of sulfonamides is 1. The van der Waals surface area contributed by atoms with Crippen LogP contribution >= 0.6 is 0 Å². The van der Waals surface area contributed by atoms with Gasteiger partial charge < -0.3 is 14.5 Å². The molecule has 2 heterocycles. The fourth-order valence-electron chi connectivity index (χ4n) is 2.64. The van der Waals surface area contributed by atoms with Crippen molar-refractivity contribution in [1.82, 2.24) is 15.0 Å².